The molecule has 0 unspecified atom stereocenters. The number of hydrogen-bond donors (Lipinski definition) is 0. The first kappa shape index (κ1) is 13.4. The molecule has 0 aliphatic heterocycles. The second-order valence-electron chi connectivity index (χ2n) is 3.55. The van der Waals surface area contributed by atoms with E-state index in [9.17, 15) is 4.79 Å². The molecule has 0 atom stereocenters. The third-order valence-corrected chi connectivity index (χ3v) is 3.20. The predicted octanol–water partition coefficient (Wildman–Crippen LogP) is 1.75. The number of rotatable bonds is 4. The molecule has 1 rings (SSSR count). The molecular formula is C12H14N2O2S. The van der Waals surface area contributed by atoms with Crippen molar-refractivity contribution in [2.24, 2.45) is 0 Å². The van der Waals surface area contributed by atoms with Crippen molar-refractivity contribution in [2.75, 3.05) is 27.0 Å². The zero-order valence-electron chi connectivity index (χ0n) is 10.1. The van der Waals surface area contributed by atoms with Gasteiger partial charge in [0, 0.05) is 19.0 Å². The Morgan fingerprint density at radius 1 is 1.53 bits per heavy atom. The van der Waals surface area contributed by atoms with Gasteiger partial charge >= 0.3 is 0 Å². The Morgan fingerprint density at radius 3 is 2.76 bits per heavy atom. The summed E-state index contributed by atoms with van der Waals surface area (Å²) in [4.78, 5) is 13.8. The summed E-state index contributed by atoms with van der Waals surface area (Å²) >= 11 is 1.34. The fourth-order valence-electron chi connectivity index (χ4n) is 1.11. The molecule has 1 amide bonds. The molecule has 90 valence electrons. The first-order valence-electron chi connectivity index (χ1n) is 4.99. The van der Waals surface area contributed by atoms with Crippen LogP contribution in [0.25, 0.3) is 0 Å². The fraction of sp³-hybridized carbons (Fsp3) is 0.333. The van der Waals surface area contributed by atoms with Crippen LogP contribution < -0.4 is 4.74 Å². The van der Waals surface area contributed by atoms with Crippen LogP contribution in [0, 0.1) is 11.3 Å². The minimum Gasteiger partial charge on any atom is -0.497 e. The largest absolute Gasteiger partial charge is 0.497 e. The van der Waals surface area contributed by atoms with E-state index >= 15 is 0 Å². The highest BCUT2D eigenvalue weighted by Gasteiger charge is 2.09. The quantitative estimate of drug-likeness (QED) is 0.764. The zero-order chi connectivity index (χ0) is 12.8. The molecular weight excluding hydrogens is 236 g/mol. The number of nitriles is 1. The Morgan fingerprint density at radius 2 is 2.24 bits per heavy atom. The minimum atomic E-state index is 0.0155. The van der Waals surface area contributed by atoms with E-state index in [2.05, 4.69) is 6.07 Å². The van der Waals surface area contributed by atoms with Crippen LogP contribution in [0.5, 0.6) is 5.75 Å². The molecule has 0 spiro atoms. The Kier molecular flexibility index (Phi) is 4.85. The summed E-state index contributed by atoms with van der Waals surface area (Å²) in [5.41, 5.74) is 0.558. The summed E-state index contributed by atoms with van der Waals surface area (Å²) < 4.78 is 5.09. The maximum atomic E-state index is 11.5. The molecule has 0 aliphatic carbocycles. The molecule has 5 heteroatoms. The van der Waals surface area contributed by atoms with Crippen molar-refractivity contribution in [3.63, 3.8) is 0 Å². The van der Waals surface area contributed by atoms with Crippen molar-refractivity contribution in [3.8, 4) is 11.8 Å². The van der Waals surface area contributed by atoms with Gasteiger partial charge in [-0.05, 0) is 18.2 Å². The van der Waals surface area contributed by atoms with E-state index in [4.69, 9.17) is 10.00 Å². The summed E-state index contributed by atoms with van der Waals surface area (Å²) in [5, 5.41) is 8.96. The van der Waals surface area contributed by atoms with Crippen molar-refractivity contribution in [1.29, 1.82) is 5.26 Å². The summed E-state index contributed by atoms with van der Waals surface area (Å²) in [6.45, 7) is 0. The minimum absolute atomic E-state index is 0.0155. The summed E-state index contributed by atoms with van der Waals surface area (Å²) in [6, 6.07) is 7.30. The average Bonchev–Trinajstić information content (AvgIpc) is 2.35. The molecule has 0 aliphatic rings. The van der Waals surface area contributed by atoms with Gasteiger partial charge in [0.2, 0.25) is 5.91 Å². The monoisotopic (exact) mass is 250 g/mol. The van der Waals surface area contributed by atoms with Gasteiger partial charge in [-0.2, -0.15) is 5.26 Å². The van der Waals surface area contributed by atoms with Gasteiger partial charge in [-0.25, -0.2) is 0 Å². The number of methoxy groups -OCH3 is 1. The van der Waals surface area contributed by atoms with Crippen LogP contribution >= 0.6 is 11.8 Å². The smallest absolute Gasteiger partial charge is 0.232 e. The Labute approximate surface area is 105 Å². The van der Waals surface area contributed by atoms with E-state index in [0.717, 1.165) is 4.90 Å². The van der Waals surface area contributed by atoms with E-state index in [-0.39, 0.29) is 5.91 Å². The molecule has 0 saturated carbocycles. The van der Waals surface area contributed by atoms with Gasteiger partial charge in [0.25, 0.3) is 0 Å². The maximum absolute atomic E-state index is 11.5. The number of carbonyl (C=O) groups excluding carboxylic acids is 1. The number of thioether (sulfide) groups is 1. The summed E-state index contributed by atoms with van der Waals surface area (Å²) in [7, 11) is 4.99. The number of hydrogen-bond acceptors (Lipinski definition) is 4. The molecule has 0 aromatic heterocycles. The Hall–Kier alpha value is -1.67. The van der Waals surface area contributed by atoms with Crippen LogP contribution in [-0.4, -0.2) is 37.8 Å². The summed E-state index contributed by atoms with van der Waals surface area (Å²) in [5.74, 6) is 1.01. The zero-order valence-corrected chi connectivity index (χ0v) is 10.9. The Bertz CT molecular complexity index is 452. The van der Waals surface area contributed by atoms with E-state index in [1.165, 1.54) is 16.7 Å². The van der Waals surface area contributed by atoms with Crippen molar-refractivity contribution in [2.45, 2.75) is 4.90 Å². The first-order chi connectivity index (χ1) is 8.08. The number of ether oxygens (including phenoxy) is 1. The van der Waals surface area contributed by atoms with Crippen molar-refractivity contribution >= 4 is 17.7 Å². The van der Waals surface area contributed by atoms with Gasteiger partial charge in [0.05, 0.1) is 18.4 Å². The lowest BCUT2D eigenvalue weighted by atomic mass is 10.2. The van der Waals surface area contributed by atoms with Gasteiger partial charge in [0.15, 0.2) is 0 Å². The van der Waals surface area contributed by atoms with E-state index in [1.807, 2.05) is 0 Å². The molecule has 0 radical (unpaired) electrons. The molecule has 0 heterocycles. The highest BCUT2D eigenvalue weighted by molar-refractivity contribution is 8.00. The highest BCUT2D eigenvalue weighted by atomic mass is 32.2. The van der Waals surface area contributed by atoms with Crippen molar-refractivity contribution < 1.29 is 9.53 Å². The van der Waals surface area contributed by atoms with Crippen LogP contribution in [0.15, 0.2) is 23.1 Å². The molecule has 0 bridgehead atoms. The second kappa shape index (κ2) is 6.16. The number of carbonyl (C=O) groups is 1. The topological polar surface area (TPSA) is 53.3 Å². The molecule has 1 aromatic carbocycles. The van der Waals surface area contributed by atoms with Gasteiger partial charge < -0.3 is 9.64 Å². The molecule has 17 heavy (non-hydrogen) atoms. The highest BCUT2D eigenvalue weighted by Crippen LogP contribution is 2.26. The fourth-order valence-corrected chi connectivity index (χ4v) is 2.12. The molecule has 0 saturated heterocycles. The lowest BCUT2D eigenvalue weighted by molar-refractivity contribution is -0.125. The van der Waals surface area contributed by atoms with Gasteiger partial charge in [-0.1, -0.05) is 0 Å². The molecule has 4 nitrogen and oxygen atoms in total. The normalized spacial score (nSPS) is 9.53. The molecule has 0 fully saturated rings. The van der Waals surface area contributed by atoms with Crippen LogP contribution in [0.1, 0.15) is 5.56 Å². The van der Waals surface area contributed by atoms with Crippen LogP contribution in [-0.2, 0) is 4.79 Å². The van der Waals surface area contributed by atoms with Crippen LogP contribution in [0.2, 0.25) is 0 Å². The van der Waals surface area contributed by atoms with Crippen LogP contribution in [0.4, 0.5) is 0 Å². The summed E-state index contributed by atoms with van der Waals surface area (Å²) in [6.07, 6.45) is 0. The maximum Gasteiger partial charge on any atom is 0.232 e. The van der Waals surface area contributed by atoms with Crippen molar-refractivity contribution in [3.05, 3.63) is 23.8 Å². The van der Waals surface area contributed by atoms with E-state index < -0.39 is 0 Å². The first-order valence-corrected chi connectivity index (χ1v) is 5.98. The number of nitrogens with zero attached hydrogens (tertiary/aromatic N) is 2. The lowest BCUT2D eigenvalue weighted by Gasteiger charge is -2.10. The number of benzene rings is 1. The Balaban J connectivity index is 2.82. The third-order valence-electron chi connectivity index (χ3n) is 2.16. The standard InChI is InChI=1S/C12H14N2O2S/c1-14(2)12(15)8-17-11-6-10(16-3)5-4-9(11)7-13/h4-6H,8H2,1-3H3. The van der Waals surface area contributed by atoms with Gasteiger partial charge in [0.1, 0.15) is 11.8 Å². The lowest BCUT2D eigenvalue weighted by Crippen LogP contribution is -2.23. The second-order valence-corrected chi connectivity index (χ2v) is 4.57. The average molecular weight is 250 g/mol. The third kappa shape index (κ3) is 3.68. The van der Waals surface area contributed by atoms with E-state index in [0.29, 0.717) is 17.1 Å². The predicted molar refractivity (Wildman–Crippen MR) is 67.1 cm³/mol. The molecule has 0 N–H and O–H groups in total. The van der Waals surface area contributed by atoms with Crippen LogP contribution in [0.3, 0.4) is 0 Å². The SMILES string of the molecule is COc1ccc(C#N)c(SCC(=O)N(C)C)c1. The number of amides is 1. The van der Waals surface area contributed by atoms with Crippen molar-refractivity contribution in [1.82, 2.24) is 4.90 Å². The molecule has 1 aromatic rings. The van der Waals surface area contributed by atoms with Gasteiger partial charge in [-0.15, -0.1) is 11.8 Å². The van der Waals surface area contributed by atoms with E-state index in [1.54, 1.807) is 39.4 Å². The van der Waals surface area contributed by atoms with Gasteiger partial charge in [-0.3, -0.25) is 4.79 Å².